The molecule has 0 amide bonds. The molecule has 11 rings (SSSR count). The average molecular weight is 761 g/mol. The summed E-state index contributed by atoms with van der Waals surface area (Å²) in [4.78, 5) is 0. The van der Waals surface area contributed by atoms with Gasteiger partial charge in [-0.2, -0.15) is 0 Å². The van der Waals surface area contributed by atoms with Gasteiger partial charge in [0.15, 0.2) is 0 Å². The topological polar surface area (TPSA) is 0 Å². The SMILES string of the molecule is C=Cc1c(C=C)c(-c2ccc3ccccc3c2)c2cc(-c3ccc4c(-c5ccccc5)c5ccccc5c(-c5ccc6ccccc6c5)c4c3)ccc2c1-c1ccccc1. The van der Waals surface area contributed by atoms with Gasteiger partial charge in [-0.25, -0.2) is 0 Å². The maximum Gasteiger partial charge on any atom is -0.00259 e. The number of hydrogen-bond acceptors (Lipinski definition) is 0. The summed E-state index contributed by atoms with van der Waals surface area (Å²) in [5.74, 6) is 0. The second-order valence-electron chi connectivity index (χ2n) is 15.7. The van der Waals surface area contributed by atoms with Crippen LogP contribution in [0.15, 0.2) is 219 Å². The van der Waals surface area contributed by atoms with Crippen molar-refractivity contribution in [3.8, 4) is 55.6 Å². The molecule has 0 aromatic heterocycles. The quantitative estimate of drug-likeness (QED) is 0.142. The maximum atomic E-state index is 4.41. The Balaban J connectivity index is 1.23. The first-order valence-electron chi connectivity index (χ1n) is 20.6. The molecular weight excluding hydrogens is 721 g/mol. The molecule has 0 radical (unpaired) electrons. The van der Waals surface area contributed by atoms with Gasteiger partial charge >= 0.3 is 0 Å². The zero-order chi connectivity index (χ0) is 40.2. The largest absolute Gasteiger partial charge is 0.0984 e. The lowest BCUT2D eigenvalue weighted by Gasteiger charge is -2.22. The number of benzene rings is 11. The van der Waals surface area contributed by atoms with Gasteiger partial charge in [0.25, 0.3) is 0 Å². The van der Waals surface area contributed by atoms with Gasteiger partial charge in [-0.3, -0.25) is 0 Å². The van der Waals surface area contributed by atoms with E-state index >= 15 is 0 Å². The van der Waals surface area contributed by atoms with E-state index in [1.54, 1.807) is 0 Å². The molecule has 0 unspecified atom stereocenters. The predicted molar refractivity (Wildman–Crippen MR) is 261 cm³/mol. The van der Waals surface area contributed by atoms with Crippen molar-refractivity contribution in [2.24, 2.45) is 0 Å². The van der Waals surface area contributed by atoms with Gasteiger partial charge in [-0.1, -0.05) is 207 Å². The summed E-state index contributed by atoms with van der Waals surface area (Å²) in [5, 5.41) is 12.2. The van der Waals surface area contributed by atoms with Gasteiger partial charge in [0.1, 0.15) is 0 Å². The van der Waals surface area contributed by atoms with Gasteiger partial charge in [-0.15, -0.1) is 0 Å². The standard InChI is InChI=1S/C60H40/c1-3-49-50(4-2)59(47-29-27-39-17-11-13-23-43(39)35-47)55-37-45(31-33-53(55)57(49)41-19-7-5-8-20-41)46-32-34-54-56(38-46)60(48-30-28-40-18-12-14-24-44(40)36-48)52-26-16-15-25-51(52)58(54)42-21-9-6-10-22-42/h3-38H,1-2H2. The van der Waals surface area contributed by atoms with Crippen LogP contribution >= 0.6 is 0 Å². The Bertz CT molecular complexity index is 3500. The Morgan fingerprint density at radius 1 is 0.233 bits per heavy atom. The molecule has 0 heteroatoms. The van der Waals surface area contributed by atoms with E-state index in [0.29, 0.717) is 0 Å². The van der Waals surface area contributed by atoms with E-state index in [4.69, 9.17) is 0 Å². The smallest absolute Gasteiger partial charge is 0.00259 e. The highest BCUT2D eigenvalue weighted by molar-refractivity contribution is 6.22. The number of rotatable bonds is 7. The molecule has 0 saturated carbocycles. The lowest BCUT2D eigenvalue weighted by atomic mass is 9.81. The Labute approximate surface area is 350 Å². The Morgan fingerprint density at radius 3 is 1.10 bits per heavy atom. The minimum Gasteiger partial charge on any atom is -0.0984 e. The van der Waals surface area contributed by atoms with E-state index in [-0.39, 0.29) is 0 Å². The summed E-state index contributed by atoms with van der Waals surface area (Å²) >= 11 is 0. The van der Waals surface area contributed by atoms with Crippen molar-refractivity contribution in [2.75, 3.05) is 0 Å². The van der Waals surface area contributed by atoms with Crippen LogP contribution in [0, 0.1) is 0 Å². The van der Waals surface area contributed by atoms with Crippen LogP contribution in [-0.4, -0.2) is 0 Å². The molecule has 0 atom stereocenters. The van der Waals surface area contributed by atoms with Crippen LogP contribution < -0.4 is 0 Å². The van der Waals surface area contributed by atoms with Crippen molar-refractivity contribution >= 4 is 66.0 Å². The van der Waals surface area contributed by atoms with Crippen molar-refractivity contribution in [3.63, 3.8) is 0 Å². The van der Waals surface area contributed by atoms with Crippen molar-refractivity contribution < 1.29 is 0 Å². The van der Waals surface area contributed by atoms with E-state index in [0.717, 1.165) is 33.4 Å². The maximum absolute atomic E-state index is 4.41. The summed E-state index contributed by atoms with van der Waals surface area (Å²) in [7, 11) is 0. The Kier molecular flexibility index (Phi) is 8.57. The van der Waals surface area contributed by atoms with Crippen molar-refractivity contribution in [1.29, 1.82) is 0 Å². The Morgan fingerprint density at radius 2 is 0.583 bits per heavy atom. The third-order valence-corrected chi connectivity index (χ3v) is 12.4. The molecule has 280 valence electrons. The molecule has 11 aromatic carbocycles. The molecule has 0 saturated heterocycles. The first-order chi connectivity index (χ1) is 29.7. The van der Waals surface area contributed by atoms with Crippen LogP contribution in [0.2, 0.25) is 0 Å². The van der Waals surface area contributed by atoms with Crippen LogP contribution in [0.25, 0.3) is 122 Å². The average Bonchev–Trinajstić information content (AvgIpc) is 3.32. The monoisotopic (exact) mass is 760 g/mol. The summed E-state index contributed by atoms with van der Waals surface area (Å²) < 4.78 is 0. The van der Waals surface area contributed by atoms with Gasteiger partial charge in [-0.05, 0) is 145 Å². The van der Waals surface area contributed by atoms with E-state index < -0.39 is 0 Å². The molecule has 0 spiro atoms. The normalized spacial score (nSPS) is 11.5. The van der Waals surface area contributed by atoms with E-state index in [2.05, 4.69) is 219 Å². The molecule has 0 heterocycles. The highest BCUT2D eigenvalue weighted by Crippen LogP contribution is 2.48. The lowest BCUT2D eigenvalue weighted by Crippen LogP contribution is -1.97. The molecule has 0 aliphatic rings. The Hall–Kier alpha value is -7.80. The molecular formula is C60H40. The fourth-order valence-electron chi connectivity index (χ4n) is 9.63. The fraction of sp³-hybridized carbons (Fsp3) is 0. The number of fused-ring (bicyclic) bond motifs is 5. The van der Waals surface area contributed by atoms with Gasteiger partial charge < -0.3 is 0 Å². The third-order valence-electron chi connectivity index (χ3n) is 12.4. The summed E-state index contributed by atoms with van der Waals surface area (Å²) in [6.45, 7) is 8.78. The third kappa shape index (κ3) is 5.76. The highest BCUT2D eigenvalue weighted by atomic mass is 14.2. The van der Waals surface area contributed by atoms with Crippen LogP contribution in [0.4, 0.5) is 0 Å². The van der Waals surface area contributed by atoms with E-state index in [1.807, 2.05) is 12.2 Å². The first kappa shape index (κ1) is 35.4. The van der Waals surface area contributed by atoms with Crippen molar-refractivity contribution in [2.45, 2.75) is 0 Å². The van der Waals surface area contributed by atoms with E-state index in [9.17, 15) is 0 Å². The lowest BCUT2D eigenvalue weighted by molar-refractivity contribution is 1.58. The van der Waals surface area contributed by atoms with Crippen LogP contribution in [-0.2, 0) is 0 Å². The molecule has 0 N–H and O–H groups in total. The zero-order valence-corrected chi connectivity index (χ0v) is 33.2. The predicted octanol–water partition coefficient (Wildman–Crippen LogP) is 17.1. The molecule has 0 aliphatic heterocycles. The summed E-state index contributed by atoms with van der Waals surface area (Å²) in [6, 6.07) is 75.6. The molecule has 0 nitrogen and oxygen atoms in total. The van der Waals surface area contributed by atoms with Gasteiger partial charge in [0, 0.05) is 0 Å². The molecule has 0 bridgehead atoms. The van der Waals surface area contributed by atoms with Gasteiger partial charge in [0.2, 0.25) is 0 Å². The van der Waals surface area contributed by atoms with Gasteiger partial charge in [0.05, 0.1) is 0 Å². The van der Waals surface area contributed by atoms with Crippen LogP contribution in [0.1, 0.15) is 11.1 Å². The second kappa shape index (κ2) is 14.5. The molecule has 0 aliphatic carbocycles. The minimum atomic E-state index is 1.08. The minimum absolute atomic E-state index is 1.08. The summed E-state index contributed by atoms with van der Waals surface area (Å²) in [5.41, 5.74) is 14.1. The van der Waals surface area contributed by atoms with Crippen LogP contribution in [0.5, 0.6) is 0 Å². The van der Waals surface area contributed by atoms with Crippen molar-refractivity contribution in [3.05, 3.63) is 231 Å². The van der Waals surface area contributed by atoms with E-state index in [1.165, 1.54) is 87.2 Å². The van der Waals surface area contributed by atoms with Crippen molar-refractivity contribution in [1.82, 2.24) is 0 Å². The molecule has 60 heavy (non-hydrogen) atoms. The zero-order valence-electron chi connectivity index (χ0n) is 33.2. The highest BCUT2D eigenvalue weighted by Gasteiger charge is 2.21. The second-order valence-corrected chi connectivity index (χ2v) is 15.7. The number of hydrogen-bond donors (Lipinski definition) is 0. The molecule has 0 fully saturated rings. The first-order valence-corrected chi connectivity index (χ1v) is 20.6. The fourth-order valence-corrected chi connectivity index (χ4v) is 9.63. The molecule has 11 aromatic rings. The van der Waals surface area contributed by atoms with Crippen LogP contribution in [0.3, 0.4) is 0 Å². The summed E-state index contributed by atoms with van der Waals surface area (Å²) in [6.07, 6.45) is 4.02.